The van der Waals surface area contributed by atoms with Crippen molar-refractivity contribution in [3.05, 3.63) is 6.33 Å². The Morgan fingerprint density at radius 3 is 2.81 bits per heavy atom. The molecule has 0 radical (unpaired) electrons. The first kappa shape index (κ1) is 14.0. The summed E-state index contributed by atoms with van der Waals surface area (Å²) < 4.78 is 0. The van der Waals surface area contributed by atoms with Crippen LogP contribution in [-0.2, 0) is 0 Å². The van der Waals surface area contributed by atoms with Crippen LogP contribution >= 0.6 is 0 Å². The molecule has 0 amide bonds. The van der Waals surface area contributed by atoms with Crippen LogP contribution in [-0.4, -0.2) is 69.6 Å². The summed E-state index contributed by atoms with van der Waals surface area (Å²) in [7, 11) is 2.14. The zero-order chi connectivity index (χ0) is 14.7. The highest BCUT2D eigenvalue weighted by Crippen LogP contribution is 2.19. The average Bonchev–Trinajstić information content (AvgIpc) is 2.96. The van der Waals surface area contributed by atoms with Crippen molar-refractivity contribution >= 4 is 22.9 Å². The van der Waals surface area contributed by atoms with Crippen molar-refractivity contribution in [3.8, 4) is 0 Å². The fourth-order valence-electron chi connectivity index (χ4n) is 2.30. The van der Waals surface area contributed by atoms with E-state index in [0.717, 1.165) is 50.5 Å². The van der Waals surface area contributed by atoms with Gasteiger partial charge in [0.2, 0.25) is 5.95 Å². The van der Waals surface area contributed by atoms with Gasteiger partial charge in [-0.05, 0) is 13.5 Å². The number of anilines is 2. The smallest absolute Gasteiger partial charge is 0.226 e. The van der Waals surface area contributed by atoms with Crippen LogP contribution in [0, 0.1) is 0 Å². The fourth-order valence-corrected chi connectivity index (χ4v) is 2.30. The standard InChI is InChI=1S/C13H22N8/c1-3-4-14-13-17-11-10(15-9-16-11)12(18-13)19-21-7-5-20(2)6-8-21/h9H,3-8H2,1-2H3,(H3,14,15,16,17,18,19). The molecule has 2 aromatic rings. The molecule has 0 aliphatic carbocycles. The minimum atomic E-state index is 0.619. The summed E-state index contributed by atoms with van der Waals surface area (Å²) in [5, 5.41) is 5.40. The molecule has 114 valence electrons. The number of nitrogens with one attached hydrogen (secondary N) is 3. The molecule has 0 spiro atoms. The van der Waals surface area contributed by atoms with Gasteiger partial charge in [-0.3, -0.25) is 0 Å². The number of fused-ring (bicyclic) bond motifs is 1. The van der Waals surface area contributed by atoms with Crippen molar-refractivity contribution in [2.24, 2.45) is 0 Å². The molecule has 3 heterocycles. The summed E-state index contributed by atoms with van der Waals surface area (Å²) in [5.41, 5.74) is 4.92. The minimum absolute atomic E-state index is 0.619. The number of H-pyrrole nitrogens is 1. The molecule has 1 fully saturated rings. The van der Waals surface area contributed by atoms with Crippen LogP contribution < -0.4 is 10.7 Å². The number of piperazine rings is 1. The Kier molecular flexibility index (Phi) is 4.16. The number of nitrogens with zero attached hydrogens (tertiary/aromatic N) is 5. The topological polar surface area (TPSA) is 85.0 Å². The molecular formula is C13H22N8. The van der Waals surface area contributed by atoms with Crippen molar-refractivity contribution in [2.45, 2.75) is 13.3 Å². The Morgan fingerprint density at radius 2 is 2.05 bits per heavy atom. The number of hydrazine groups is 1. The highest BCUT2D eigenvalue weighted by molar-refractivity contribution is 5.83. The van der Waals surface area contributed by atoms with Crippen LogP contribution in [0.5, 0.6) is 0 Å². The Hall–Kier alpha value is -1.93. The molecule has 0 atom stereocenters. The second-order valence-corrected chi connectivity index (χ2v) is 5.33. The van der Waals surface area contributed by atoms with Gasteiger partial charge < -0.3 is 20.6 Å². The fraction of sp³-hybridized carbons (Fsp3) is 0.615. The summed E-state index contributed by atoms with van der Waals surface area (Å²) in [6.45, 7) is 6.99. The lowest BCUT2D eigenvalue weighted by Gasteiger charge is -2.32. The molecule has 1 aliphatic rings. The van der Waals surface area contributed by atoms with Gasteiger partial charge in [0.05, 0.1) is 6.33 Å². The summed E-state index contributed by atoms with van der Waals surface area (Å²) in [6.07, 6.45) is 2.68. The Morgan fingerprint density at radius 1 is 1.24 bits per heavy atom. The molecule has 0 saturated carbocycles. The summed E-state index contributed by atoms with van der Waals surface area (Å²) in [4.78, 5) is 18.6. The van der Waals surface area contributed by atoms with E-state index < -0.39 is 0 Å². The SMILES string of the molecule is CCCNc1nc(NN2CCN(C)CC2)c2[nH]cnc2n1. The lowest BCUT2D eigenvalue weighted by molar-refractivity contribution is 0.178. The summed E-state index contributed by atoms with van der Waals surface area (Å²) >= 11 is 0. The van der Waals surface area contributed by atoms with Crippen LogP contribution in [0.25, 0.3) is 11.2 Å². The van der Waals surface area contributed by atoms with E-state index >= 15 is 0 Å². The van der Waals surface area contributed by atoms with E-state index in [1.807, 2.05) is 0 Å². The molecule has 21 heavy (non-hydrogen) atoms. The van der Waals surface area contributed by atoms with Crippen LogP contribution in [0.4, 0.5) is 11.8 Å². The maximum Gasteiger partial charge on any atom is 0.226 e. The molecule has 3 rings (SSSR count). The quantitative estimate of drug-likeness (QED) is 0.749. The first-order chi connectivity index (χ1) is 10.3. The highest BCUT2D eigenvalue weighted by Gasteiger charge is 2.16. The first-order valence-electron chi connectivity index (χ1n) is 7.41. The molecule has 8 heteroatoms. The number of likely N-dealkylation sites (N-methyl/N-ethyl adjacent to an activating group) is 1. The maximum absolute atomic E-state index is 4.56. The summed E-state index contributed by atoms with van der Waals surface area (Å²) in [5.74, 6) is 1.40. The molecule has 3 N–H and O–H groups in total. The van der Waals surface area contributed by atoms with Crippen LogP contribution in [0.1, 0.15) is 13.3 Å². The van der Waals surface area contributed by atoms with Crippen molar-refractivity contribution < 1.29 is 0 Å². The predicted molar refractivity (Wildman–Crippen MR) is 83.2 cm³/mol. The Labute approximate surface area is 123 Å². The van der Waals surface area contributed by atoms with Gasteiger partial charge in [0.25, 0.3) is 0 Å². The molecule has 8 nitrogen and oxygen atoms in total. The molecule has 0 unspecified atom stereocenters. The third-order valence-electron chi connectivity index (χ3n) is 3.59. The largest absolute Gasteiger partial charge is 0.354 e. The van der Waals surface area contributed by atoms with Crippen molar-refractivity contribution in [2.75, 3.05) is 50.5 Å². The number of rotatable bonds is 5. The highest BCUT2D eigenvalue weighted by atomic mass is 15.5. The van der Waals surface area contributed by atoms with Crippen molar-refractivity contribution in [1.82, 2.24) is 29.8 Å². The van der Waals surface area contributed by atoms with Crippen molar-refractivity contribution in [1.29, 1.82) is 0 Å². The van der Waals surface area contributed by atoms with Gasteiger partial charge >= 0.3 is 0 Å². The van der Waals surface area contributed by atoms with E-state index in [2.05, 4.69) is 54.6 Å². The van der Waals surface area contributed by atoms with Gasteiger partial charge in [-0.15, -0.1) is 0 Å². The molecule has 0 aromatic carbocycles. The lowest BCUT2D eigenvalue weighted by atomic mass is 10.4. The zero-order valence-corrected chi connectivity index (χ0v) is 12.6. The minimum Gasteiger partial charge on any atom is -0.354 e. The van der Waals surface area contributed by atoms with Gasteiger partial charge in [0, 0.05) is 32.7 Å². The molecule has 1 saturated heterocycles. The second kappa shape index (κ2) is 6.23. The van der Waals surface area contributed by atoms with E-state index in [1.165, 1.54) is 0 Å². The van der Waals surface area contributed by atoms with E-state index in [9.17, 15) is 0 Å². The molecule has 2 aromatic heterocycles. The van der Waals surface area contributed by atoms with E-state index in [-0.39, 0.29) is 0 Å². The summed E-state index contributed by atoms with van der Waals surface area (Å²) in [6, 6.07) is 0. The Bertz CT molecular complexity index is 587. The first-order valence-corrected chi connectivity index (χ1v) is 7.41. The number of aromatic nitrogens is 4. The zero-order valence-electron chi connectivity index (χ0n) is 12.6. The van der Waals surface area contributed by atoms with E-state index in [4.69, 9.17) is 0 Å². The molecular weight excluding hydrogens is 268 g/mol. The van der Waals surface area contributed by atoms with Crippen LogP contribution in [0.2, 0.25) is 0 Å². The number of imidazole rings is 1. The maximum atomic E-state index is 4.56. The van der Waals surface area contributed by atoms with E-state index in [0.29, 0.717) is 11.6 Å². The number of aromatic amines is 1. The van der Waals surface area contributed by atoms with Gasteiger partial charge in [-0.2, -0.15) is 9.97 Å². The average molecular weight is 290 g/mol. The monoisotopic (exact) mass is 290 g/mol. The molecule has 0 bridgehead atoms. The van der Waals surface area contributed by atoms with Gasteiger partial charge in [-0.25, -0.2) is 9.99 Å². The third-order valence-corrected chi connectivity index (χ3v) is 3.59. The second-order valence-electron chi connectivity index (χ2n) is 5.33. The van der Waals surface area contributed by atoms with Crippen LogP contribution in [0.3, 0.4) is 0 Å². The number of hydrogen-bond donors (Lipinski definition) is 3. The van der Waals surface area contributed by atoms with Gasteiger partial charge in [0.15, 0.2) is 11.5 Å². The third kappa shape index (κ3) is 3.22. The Balaban J connectivity index is 1.80. The van der Waals surface area contributed by atoms with E-state index in [1.54, 1.807) is 6.33 Å². The predicted octanol–water partition coefficient (Wildman–Crippen LogP) is 0.749. The van der Waals surface area contributed by atoms with Gasteiger partial charge in [-0.1, -0.05) is 6.92 Å². The molecule has 1 aliphatic heterocycles. The van der Waals surface area contributed by atoms with Crippen molar-refractivity contribution in [3.63, 3.8) is 0 Å². The normalized spacial score (nSPS) is 17.2. The number of hydrogen-bond acceptors (Lipinski definition) is 7. The lowest BCUT2D eigenvalue weighted by Crippen LogP contribution is -2.47. The van der Waals surface area contributed by atoms with Gasteiger partial charge in [0.1, 0.15) is 5.52 Å². The van der Waals surface area contributed by atoms with Crippen LogP contribution in [0.15, 0.2) is 6.33 Å².